The number of nitro benzene ring substituents is 1. The summed E-state index contributed by atoms with van der Waals surface area (Å²) in [5.41, 5.74) is 0.882. The first-order valence-electron chi connectivity index (χ1n) is 7.74. The molecule has 1 N–H and O–H groups in total. The van der Waals surface area contributed by atoms with Gasteiger partial charge in [0.2, 0.25) is 5.13 Å². The lowest BCUT2D eigenvalue weighted by Gasteiger charge is -2.02. The first-order chi connectivity index (χ1) is 13.0. The van der Waals surface area contributed by atoms with Gasteiger partial charge in [-0.1, -0.05) is 41.3 Å². The lowest BCUT2D eigenvalue weighted by molar-refractivity contribution is -0.384. The number of anilines is 1. The average molecular weight is 404 g/mol. The maximum Gasteiger partial charge on any atom is 0.269 e. The van der Waals surface area contributed by atoms with Crippen LogP contribution in [0, 0.1) is 15.9 Å². The summed E-state index contributed by atoms with van der Waals surface area (Å²) in [6.45, 7) is -0.00950. The number of hydrogen-bond acceptors (Lipinski definition) is 8. The van der Waals surface area contributed by atoms with Gasteiger partial charge in [0.1, 0.15) is 5.82 Å². The number of halogens is 1. The molecule has 10 heteroatoms. The fourth-order valence-electron chi connectivity index (χ4n) is 2.12. The monoisotopic (exact) mass is 404 g/mol. The first-order valence-corrected chi connectivity index (χ1v) is 9.54. The molecule has 0 spiro atoms. The number of thioether (sulfide) groups is 1. The van der Waals surface area contributed by atoms with Gasteiger partial charge < -0.3 is 5.32 Å². The van der Waals surface area contributed by atoms with Crippen molar-refractivity contribution < 1.29 is 14.1 Å². The summed E-state index contributed by atoms with van der Waals surface area (Å²) in [6.07, 6.45) is 0. The number of hydrogen-bond donors (Lipinski definition) is 1. The highest BCUT2D eigenvalue weighted by Crippen LogP contribution is 2.29. The SMILES string of the molecule is O=C(CNc1nnc(SCc2ccccc2F)s1)c1ccc([N+](=O)[O-])cc1. The second kappa shape index (κ2) is 8.69. The number of aromatic nitrogens is 2. The van der Waals surface area contributed by atoms with Gasteiger partial charge in [0.05, 0.1) is 11.5 Å². The Morgan fingerprint density at radius 3 is 2.63 bits per heavy atom. The minimum atomic E-state index is -0.520. The molecule has 0 fully saturated rings. The molecule has 2 aromatic carbocycles. The van der Waals surface area contributed by atoms with E-state index in [1.807, 2.05) is 0 Å². The molecule has 138 valence electrons. The zero-order valence-electron chi connectivity index (χ0n) is 13.8. The Balaban J connectivity index is 1.52. The average Bonchev–Trinajstić information content (AvgIpc) is 3.13. The molecule has 3 aromatic rings. The van der Waals surface area contributed by atoms with Crippen LogP contribution in [0.2, 0.25) is 0 Å². The third-order valence-electron chi connectivity index (χ3n) is 3.52. The van der Waals surface area contributed by atoms with Crippen molar-refractivity contribution in [3.8, 4) is 0 Å². The van der Waals surface area contributed by atoms with Gasteiger partial charge in [0, 0.05) is 23.4 Å². The number of benzene rings is 2. The van der Waals surface area contributed by atoms with Crippen LogP contribution in [0.15, 0.2) is 52.9 Å². The molecule has 0 aliphatic heterocycles. The Bertz CT molecular complexity index is 963. The molecule has 7 nitrogen and oxygen atoms in total. The first kappa shape index (κ1) is 18.9. The lowest BCUT2D eigenvalue weighted by atomic mass is 10.1. The minimum absolute atomic E-state index is 0.00950. The van der Waals surface area contributed by atoms with Crippen LogP contribution in [0.3, 0.4) is 0 Å². The van der Waals surface area contributed by atoms with Crippen LogP contribution in [-0.2, 0) is 5.75 Å². The Morgan fingerprint density at radius 1 is 1.19 bits per heavy atom. The number of nitro groups is 1. The van der Waals surface area contributed by atoms with Gasteiger partial charge in [0.15, 0.2) is 10.1 Å². The molecule has 0 radical (unpaired) electrons. The molecule has 0 amide bonds. The van der Waals surface area contributed by atoms with Crippen LogP contribution < -0.4 is 5.32 Å². The summed E-state index contributed by atoms with van der Waals surface area (Å²) < 4.78 is 14.3. The highest BCUT2D eigenvalue weighted by Gasteiger charge is 2.11. The van der Waals surface area contributed by atoms with E-state index in [4.69, 9.17) is 0 Å². The second-order valence-electron chi connectivity index (χ2n) is 5.33. The Labute approximate surface area is 161 Å². The van der Waals surface area contributed by atoms with Crippen molar-refractivity contribution in [3.05, 3.63) is 75.6 Å². The molecule has 0 aliphatic rings. The van der Waals surface area contributed by atoms with Crippen molar-refractivity contribution in [2.45, 2.75) is 10.1 Å². The predicted molar refractivity (Wildman–Crippen MR) is 102 cm³/mol. The molecule has 0 unspecified atom stereocenters. The largest absolute Gasteiger partial charge is 0.353 e. The zero-order chi connectivity index (χ0) is 19.2. The standard InChI is InChI=1S/C17H13FN4O3S2/c18-14-4-2-1-3-12(14)10-26-17-21-20-16(27-17)19-9-15(23)11-5-7-13(8-6-11)22(24)25/h1-8H,9-10H2,(H,19,20). The van der Waals surface area contributed by atoms with Crippen LogP contribution in [-0.4, -0.2) is 27.4 Å². The van der Waals surface area contributed by atoms with E-state index in [1.54, 1.807) is 18.2 Å². The van der Waals surface area contributed by atoms with E-state index in [0.29, 0.717) is 26.4 Å². The van der Waals surface area contributed by atoms with E-state index < -0.39 is 4.92 Å². The van der Waals surface area contributed by atoms with Crippen LogP contribution in [0.1, 0.15) is 15.9 Å². The lowest BCUT2D eigenvalue weighted by Crippen LogP contribution is -2.13. The van der Waals surface area contributed by atoms with Gasteiger partial charge in [-0.05, 0) is 23.8 Å². The molecule has 1 aromatic heterocycles. The van der Waals surface area contributed by atoms with Crippen LogP contribution >= 0.6 is 23.1 Å². The summed E-state index contributed by atoms with van der Waals surface area (Å²) in [4.78, 5) is 22.2. The fraction of sp³-hybridized carbons (Fsp3) is 0.118. The van der Waals surface area contributed by atoms with Gasteiger partial charge >= 0.3 is 0 Å². The van der Waals surface area contributed by atoms with Gasteiger partial charge in [-0.3, -0.25) is 14.9 Å². The fourth-order valence-corrected chi connectivity index (χ4v) is 3.86. The maximum atomic E-state index is 13.6. The van der Waals surface area contributed by atoms with Crippen molar-refractivity contribution in [1.82, 2.24) is 10.2 Å². The number of nitrogens with zero attached hydrogens (tertiary/aromatic N) is 3. The number of Topliss-reactive ketones (excluding diaryl/α,β-unsaturated/α-hetero) is 1. The number of carbonyl (C=O) groups is 1. The highest BCUT2D eigenvalue weighted by atomic mass is 32.2. The maximum absolute atomic E-state index is 13.6. The van der Waals surface area contributed by atoms with E-state index in [2.05, 4.69) is 15.5 Å². The summed E-state index contributed by atoms with van der Waals surface area (Å²) in [5.74, 6) is -0.0505. The van der Waals surface area contributed by atoms with Gasteiger partial charge in [-0.2, -0.15) is 0 Å². The van der Waals surface area contributed by atoms with E-state index in [9.17, 15) is 19.3 Å². The topological polar surface area (TPSA) is 98.0 Å². The molecule has 3 rings (SSSR count). The zero-order valence-corrected chi connectivity index (χ0v) is 15.4. The molecule has 0 bridgehead atoms. The van der Waals surface area contributed by atoms with Crippen LogP contribution in [0.25, 0.3) is 0 Å². The molecule has 0 saturated heterocycles. The third-order valence-corrected chi connectivity index (χ3v) is 5.58. The van der Waals surface area contributed by atoms with E-state index >= 15 is 0 Å². The molecule has 1 heterocycles. The number of ketones is 1. The minimum Gasteiger partial charge on any atom is -0.353 e. The number of carbonyl (C=O) groups excluding carboxylic acids is 1. The number of rotatable bonds is 8. The van der Waals surface area contributed by atoms with Gasteiger partial charge in [0.25, 0.3) is 5.69 Å². The Kier molecular flexibility index (Phi) is 6.09. The normalized spacial score (nSPS) is 10.6. The molecule has 0 atom stereocenters. The van der Waals surface area contributed by atoms with E-state index in [-0.39, 0.29) is 23.8 Å². The van der Waals surface area contributed by atoms with Crippen molar-refractivity contribution in [3.63, 3.8) is 0 Å². The molecule has 27 heavy (non-hydrogen) atoms. The Hall–Kier alpha value is -2.85. The van der Waals surface area contributed by atoms with Crippen LogP contribution in [0.5, 0.6) is 0 Å². The van der Waals surface area contributed by atoms with Crippen molar-refractivity contribution in [2.24, 2.45) is 0 Å². The molecule has 0 aliphatic carbocycles. The summed E-state index contributed by atoms with van der Waals surface area (Å²) in [7, 11) is 0. The van der Waals surface area contributed by atoms with Gasteiger partial charge in [-0.15, -0.1) is 10.2 Å². The quantitative estimate of drug-likeness (QED) is 0.260. The summed E-state index contributed by atoms with van der Waals surface area (Å²) >= 11 is 2.63. The van der Waals surface area contributed by atoms with Crippen molar-refractivity contribution in [2.75, 3.05) is 11.9 Å². The third kappa shape index (κ3) is 5.08. The van der Waals surface area contributed by atoms with Gasteiger partial charge in [-0.25, -0.2) is 4.39 Å². The predicted octanol–water partition coefficient (Wildman–Crippen LogP) is 4.17. The smallest absolute Gasteiger partial charge is 0.269 e. The number of non-ortho nitro benzene ring substituents is 1. The molecule has 0 saturated carbocycles. The van der Waals surface area contributed by atoms with E-state index in [0.717, 1.165) is 0 Å². The highest BCUT2D eigenvalue weighted by molar-refractivity contribution is 8.00. The number of nitrogens with one attached hydrogen (secondary N) is 1. The molecular formula is C17H13FN4O3S2. The van der Waals surface area contributed by atoms with Crippen LogP contribution in [0.4, 0.5) is 15.2 Å². The summed E-state index contributed by atoms with van der Waals surface area (Å²) in [6, 6.07) is 11.9. The molecular weight excluding hydrogens is 391 g/mol. The second-order valence-corrected chi connectivity index (χ2v) is 7.53. The van der Waals surface area contributed by atoms with Crippen molar-refractivity contribution in [1.29, 1.82) is 0 Å². The van der Waals surface area contributed by atoms with E-state index in [1.165, 1.54) is 53.4 Å². The Morgan fingerprint density at radius 2 is 1.93 bits per heavy atom. The summed E-state index contributed by atoms with van der Waals surface area (Å²) in [5, 5.41) is 21.9. The van der Waals surface area contributed by atoms with Crippen molar-refractivity contribution >= 4 is 39.7 Å².